The summed E-state index contributed by atoms with van der Waals surface area (Å²) in [6.45, 7) is 0.657. The molecule has 0 fully saturated rings. The predicted molar refractivity (Wildman–Crippen MR) is 70.2 cm³/mol. The van der Waals surface area contributed by atoms with Gasteiger partial charge in [-0.05, 0) is 23.8 Å². The second-order valence-electron chi connectivity index (χ2n) is 4.03. The van der Waals surface area contributed by atoms with E-state index in [0.29, 0.717) is 12.1 Å². The molecule has 1 N–H and O–H groups in total. The molecule has 0 spiro atoms. The molecule has 0 atom stereocenters. The lowest BCUT2D eigenvalue weighted by atomic mass is 10.1. The van der Waals surface area contributed by atoms with E-state index in [0.717, 1.165) is 11.3 Å². The first-order valence-corrected chi connectivity index (χ1v) is 5.58. The summed E-state index contributed by atoms with van der Waals surface area (Å²) in [7, 11) is 1.72. The van der Waals surface area contributed by atoms with Crippen molar-refractivity contribution in [2.24, 2.45) is 7.05 Å². The van der Waals surface area contributed by atoms with E-state index in [1.165, 1.54) is 10.6 Å². The monoisotopic (exact) mass is 239 g/mol. The van der Waals surface area contributed by atoms with Gasteiger partial charge in [-0.2, -0.15) is 5.26 Å². The highest BCUT2D eigenvalue weighted by atomic mass is 16.1. The third-order valence-corrected chi connectivity index (χ3v) is 2.67. The van der Waals surface area contributed by atoms with Crippen molar-refractivity contribution in [3.63, 3.8) is 0 Å². The van der Waals surface area contributed by atoms with Gasteiger partial charge in [-0.3, -0.25) is 4.79 Å². The van der Waals surface area contributed by atoms with Crippen LogP contribution in [0, 0.1) is 11.3 Å². The summed E-state index contributed by atoms with van der Waals surface area (Å²) < 4.78 is 1.53. The van der Waals surface area contributed by atoms with Gasteiger partial charge in [0.25, 0.3) is 0 Å². The molecule has 0 bridgehead atoms. The van der Waals surface area contributed by atoms with E-state index >= 15 is 0 Å². The van der Waals surface area contributed by atoms with Gasteiger partial charge in [0, 0.05) is 25.9 Å². The van der Waals surface area contributed by atoms with Crippen LogP contribution in [0.15, 0.2) is 47.4 Å². The lowest BCUT2D eigenvalue weighted by molar-refractivity contribution is 0.859. The number of rotatable bonds is 3. The third kappa shape index (κ3) is 2.77. The Morgan fingerprint density at radius 2 is 1.94 bits per heavy atom. The van der Waals surface area contributed by atoms with E-state index in [2.05, 4.69) is 11.4 Å². The van der Waals surface area contributed by atoms with Crippen molar-refractivity contribution in [3.8, 4) is 6.07 Å². The smallest absolute Gasteiger partial charge is 0.250 e. The average molecular weight is 239 g/mol. The van der Waals surface area contributed by atoms with E-state index in [4.69, 9.17) is 5.26 Å². The number of pyridine rings is 1. The predicted octanol–water partition coefficient (Wildman–Crippen LogP) is 1.87. The second kappa shape index (κ2) is 5.19. The lowest BCUT2D eigenvalue weighted by Crippen LogP contribution is -2.15. The van der Waals surface area contributed by atoms with Crippen molar-refractivity contribution in [3.05, 3.63) is 64.1 Å². The van der Waals surface area contributed by atoms with Gasteiger partial charge in [0.2, 0.25) is 5.56 Å². The molecule has 0 aliphatic heterocycles. The number of hydrogen-bond donors (Lipinski definition) is 1. The number of nitrogens with zero attached hydrogens (tertiary/aromatic N) is 2. The fourth-order valence-corrected chi connectivity index (χ4v) is 1.60. The second-order valence-corrected chi connectivity index (χ2v) is 4.03. The van der Waals surface area contributed by atoms with Gasteiger partial charge >= 0.3 is 0 Å². The van der Waals surface area contributed by atoms with Crippen molar-refractivity contribution in [2.75, 3.05) is 5.32 Å². The van der Waals surface area contributed by atoms with Gasteiger partial charge in [0.1, 0.15) is 0 Å². The van der Waals surface area contributed by atoms with Crippen LogP contribution in [0.5, 0.6) is 0 Å². The van der Waals surface area contributed by atoms with Gasteiger partial charge in [-0.25, -0.2) is 0 Å². The number of anilines is 1. The first kappa shape index (κ1) is 11.9. The summed E-state index contributed by atoms with van der Waals surface area (Å²) in [5.74, 6) is 0. The van der Waals surface area contributed by atoms with Gasteiger partial charge in [0.05, 0.1) is 17.3 Å². The fourth-order valence-electron chi connectivity index (χ4n) is 1.60. The number of benzene rings is 1. The zero-order chi connectivity index (χ0) is 13.0. The van der Waals surface area contributed by atoms with Gasteiger partial charge in [0.15, 0.2) is 0 Å². The Bertz CT molecular complexity index is 635. The highest BCUT2D eigenvalue weighted by Crippen LogP contribution is 2.08. The Morgan fingerprint density at radius 3 is 2.56 bits per heavy atom. The molecular formula is C14H13N3O. The zero-order valence-corrected chi connectivity index (χ0v) is 10.1. The molecule has 4 nitrogen and oxygen atoms in total. The van der Waals surface area contributed by atoms with Gasteiger partial charge in [-0.15, -0.1) is 0 Å². The summed E-state index contributed by atoms with van der Waals surface area (Å²) in [6.07, 6.45) is 1.76. The number of aryl methyl sites for hydroxylation is 1. The maximum absolute atomic E-state index is 11.2. The van der Waals surface area contributed by atoms with E-state index in [1.807, 2.05) is 12.1 Å². The minimum absolute atomic E-state index is 0.0288. The van der Waals surface area contributed by atoms with Crippen LogP contribution in [0.3, 0.4) is 0 Å². The molecule has 1 heterocycles. The van der Waals surface area contributed by atoms with Crippen molar-refractivity contribution >= 4 is 5.69 Å². The van der Waals surface area contributed by atoms with Crippen LogP contribution < -0.4 is 10.9 Å². The summed E-state index contributed by atoms with van der Waals surface area (Å²) >= 11 is 0. The number of aromatic nitrogens is 1. The van der Waals surface area contributed by atoms with Crippen LogP contribution in [0.25, 0.3) is 0 Å². The highest BCUT2D eigenvalue weighted by molar-refractivity contribution is 5.41. The molecule has 18 heavy (non-hydrogen) atoms. The van der Waals surface area contributed by atoms with Crippen molar-refractivity contribution in [2.45, 2.75) is 6.54 Å². The Labute approximate surface area is 105 Å². The topological polar surface area (TPSA) is 57.8 Å². The average Bonchev–Trinajstić information content (AvgIpc) is 2.41. The van der Waals surface area contributed by atoms with E-state index in [1.54, 1.807) is 31.4 Å². The molecular weight excluding hydrogens is 226 g/mol. The molecule has 2 rings (SSSR count). The van der Waals surface area contributed by atoms with Crippen LogP contribution in [0.1, 0.15) is 11.1 Å². The molecule has 2 aromatic rings. The highest BCUT2D eigenvalue weighted by Gasteiger charge is 1.96. The molecule has 0 saturated heterocycles. The van der Waals surface area contributed by atoms with Crippen LogP contribution in [0.4, 0.5) is 5.69 Å². The molecule has 4 heteroatoms. The van der Waals surface area contributed by atoms with Gasteiger partial charge < -0.3 is 9.88 Å². The molecule has 0 aliphatic rings. The first-order valence-electron chi connectivity index (χ1n) is 5.58. The van der Waals surface area contributed by atoms with E-state index < -0.39 is 0 Å². The molecule has 0 aliphatic carbocycles. The fraction of sp³-hybridized carbons (Fsp3) is 0.143. The summed E-state index contributed by atoms with van der Waals surface area (Å²) in [6, 6.07) is 12.8. The van der Waals surface area contributed by atoms with Crippen LogP contribution in [-0.2, 0) is 13.6 Å². The maximum atomic E-state index is 11.2. The summed E-state index contributed by atoms with van der Waals surface area (Å²) in [5.41, 5.74) is 2.60. The number of nitriles is 1. The number of hydrogen-bond acceptors (Lipinski definition) is 3. The molecule has 0 unspecified atom stereocenters. The lowest BCUT2D eigenvalue weighted by Gasteiger charge is -2.07. The molecule has 90 valence electrons. The van der Waals surface area contributed by atoms with Crippen LogP contribution in [-0.4, -0.2) is 4.57 Å². The van der Waals surface area contributed by atoms with Crippen LogP contribution >= 0.6 is 0 Å². The Morgan fingerprint density at radius 1 is 1.22 bits per heavy atom. The SMILES string of the molecule is Cn1cc(NCc2ccc(C#N)cc2)ccc1=O. The summed E-state index contributed by atoms with van der Waals surface area (Å²) in [4.78, 5) is 11.2. The molecule has 0 saturated carbocycles. The Hall–Kier alpha value is -2.54. The van der Waals surface area contributed by atoms with E-state index in [-0.39, 0.29) is 5.56 Å². The maximum Gasteiger partial charge on any atom is 0.250 e. The van der Waals surface area contributed by atoms with Gasteiger partial charge in [-0.1, -0.05) is 12.1 Å². The molecule has 1 aromatic carbocycles. The molecule has 0 amide bonds. The van der Waals surface area contributed by atoms with E-state index in [9.17, 15) is 4.79 Å². The normalized spacial score (nSPS) is 9.78. The minimum Gasteiger partial charge on any atom is -0.380 e. The summed E-state index contributed by atoms with van der Waals surface area (Å²) in [5, 5.41) is 11.9. The molecule has 0 radical (unpaired) electrons. The van der Waals surface area contributed by atoms with Crippen molar-refractivity contribution in [1.82, 2.24) is 4.57 Å². The Balaban J connectivity index is 2.04. The molecule has 1 aromatic heterocycles. The minimum atomic E-state index is -0.0288. The van der Waals surface area contributed by atoms with Crippen molar-refractivity contribution < 1.29 is 0 Å². The third-order valence-electron chi connectivity index (χ3n) is 2.67. The van der Waals surface area contributed by atoms with Crippen LogP contribution in [0.2, 0.25) is 0 Å². The first-order chi connectivity index (χ1) is 8.69. The largest absolute Gasteiger partial charge is 0.380 e. The zero-order valence-electron chi connectivity index (χ0n) is 10.1. The standard InChI is InChI=1S/C14H13N3O/c1-17-10-13(6-7-14(17)18)16-9-12-4-2-11(8-15)3-5-12/h2-7,10,16H,9H2,1H3. The number of nitrogens with one attached hydrogen (secondary N) is 1. The van der Waals surface area contributed by atoms with Crippen molar-refractivity contribution in [1.29, 1.82) is 5.26 Å². The quantitative estimate of drug-likeness (QED) is 0.889. The Kier molecular flexibility index (Phi) is 3.44.